The van der Waals surface area contributed by atoms with E-state index in [1.807, 2.05) is 0 Å². The van der Waals surface area contributed by atoms with Crippen LogP contribution in [-0.4, -0.2) is 71.4 Å². The fourth-order valence-corrected chi connectivity index (χ4v) is 4.54. The average Bonchev–Trinajstić information content (AvgIpc) is 3.30. The molecule has 1 amide bonds. The fourth-order valence-electron chi connectivity index (χ4n) is 4.54. The molecule has 15 heteroatoms. The summed E-state index contributed by atoms with van der Waals surface area (Å²) in [4.78, 5) is 25.2. The minimum Gasteiger partial charge on any atom is -0.382 e. The molecule has 1 aliphatic heterocycles. The number of hydrogen-bond donors (Lipinski definition) is 2. The van der Waals surface area contributed by atoms with Crippen molar-refractivity contribution in [2.45, 2.75) is 45.2 Å². The van der Waals surface area contributed by atoms with Gasteiger partial charge < -0.3 is 20.5 Å². The number of piperidine rings is 1. The first kappa shape index (κ1) is 24.6. The maximum Gasteiger partial charge on any atom is 0.285 e. The van der Waals surface area contributed by atoms with Crippen molar-refractivity contribution in [1.29, 1.82) is 0 Å². The molecule has 0 aliphatic carbocycles. The molecule has 4 aromatic heterocycles. The number of carbonyl (C=O) groups is 1. The lowest BCUT2D eigenvalue weighted by Crippen LogP contribution is -2.55. The average molecular weight is 523 g/mol. The Morgan fingerprint density at radius 1 is 1.27 bits per heavy atom. The first-order valence-electron chi connectivity index (χ1n) is 11.3. The molecule has 196 valence electrons. The van der Waals surface area contributed by atoms with Crippen molar-refractivity contribution in [1.82, 2.24) is 34.0 Å². The Hall–Kier alpha value is -4.04. The highest BCUT2D eigenvalue weighted by atomic mass is 19.3. The summed E-state index contributed by atoms with van der Waals surface area (Å²) in [5, 5.41) is 6.65. The Bertz CT molecular complexity index is 1520. The van der Waals surface area contributed by atoms with Gasteiger partial charge in [0.05, 0.1) is 36.6 Å². The molecular formula is C22H22F5N9O. The summed E-state index contributed by atoms with van der Waals surface area (Å²) in [5.41, 5.74) is 6.64. The zero-order valence-electron chi connectivity index (χ0n) is 19.7. The van der Waals surface area contributed by atoms with Crippen molar-refractivity contribution in [3.8, 4) is 11.3 Å². The topological polar surface area (TPSA) is 119 Å². The molecule has 0 spiro atoms. The van der Waals surface area contributed by atoms with Crippen LogP contribution in [0.5, 0.6) is 0 Å². The zero-order chi connectivity index (χ0) is 26.6. The van der Waals surface area contributed by atoms with Gasteiger partial charge in [0.2, 0.25) is 11.9 Å². The Morgan fingerprint density at radius 3 is 2.70 bits per heavy atom. The van der Waals surface area contributed by atoms with E-state index >= 15 is 4.39 Å². The van der Waals surface area contributed by atoms with Crippen LogP contribution in [-0.2, 0) is 11.3 Å². The molecule has 5 heterocycles. The first-order valence-corrected chi connectivity index (χ1v) is 11.3. The van der Waals surface area contributed by atoms with Gasteiger partial charge in [-0.05, 0) is 25.5 Å². The lowest BCUT2D eigenvalue weighted by molar-refractivity contribution is -0.140. The summed E-state index contributed by atoms with van der Waals surface area (Å²) in [7, 11) is 0. The lowest BCUT2D eigenvalue weighted by atomic mass is 10.0. The van der Waals surface area contributed by atoms with Crippen LogP contribution >= 0.6 is 0 Å². The molecule has 0 saturated carbocycles. The van der Waals surface area contributed by atoms with Gasteiger partial charge in [-0.3, -0.25) is 4.79 Å². The van der Waals surface area contributed by atoms with Gasteiger partial charge >= 0.3 is 0 Å². The number of halogens is 5. The maximum absolute atomic E-state index is 15.1. The van der Waals surface area contributed by atoms with E-state index in [4.69, 9.17) is 5.73 Å². The molecule has 3 N–H and O–H groups in total. The van der Waals surface area contributed by atoms with Crippen LogP contribution in [0.15, 0.2) is 18.3 Å². The van der Waals surface area contributed by atoms with Gasteiger partial charge in [0.25, 0.3) is 12.3 Å². The number of nitrogens with one attached hydrogen (secondary N) is 1. The van der Waals surface area contributed by atoms with Gasteiger partial charge in [-0.1, -0.05) is 0 Å². The summed E-state index contributed by atoms with van der Waals surface area (Å²) >= 11 is 0. The number of nitrogens with two attached hydrogens (primary N) is 1. The quantitative estimate of drug-likeness (QED) is 0.386. The predicted molar refractivity (Wildman–Crippen MR) is 124 cm³/mol. The molecule has 0 bridgehead atoms. The largest absolute Gasteiger partial charge is 0.382 e. The van der Waals surface area contributed by atoms with Crippen LogP contribution in [0, 0.1) is 12.7 Å². The fraction of sp³-hybridized carbons (Fsp3) is 0.409. The molecule has 0 aromatic carbocycles. The normalized spacial score (nSPS) is 17.7. The van der Waals surface area contributed by atoms with Crippen molar-refractivity contribution in [3.63, 3.8) is 0 Å². The first-order chi connectivity index (χ1) is 17.4. The van der Waals surface area contributed by atoms with E-state index in [1.54, 1.807) is 6.92 Å². The second-order valence-electron chi connectivity index (χ2n) is 8.85. The number of imidazole rings is 1. The van der Waals surface area contributed by atoms with Crippen LogP contribution in [0.2, 0.25) is 0 Å². The van der Waals surface area contributed by atoms with Gasteiger partial charge in [-0.2, -0.15) is 4.98 Å². The van der Waals surface area contributed by atoms with Crippen molar-refractivity contribution in [2.24, 2.45) is 0 Å². The second kappa shape index (κ2) is 8.81. The third-order valence-electron chi connectivity index (χ3n) is 6.32. The number of nitrogen functional groups attached to an aromatic ring is 1. The number of alkyl halides is 4. The van der Waals surface area contributed by atoms with Crippen LogP contribution in [0.4, 0.5) is 33.7 Å². The summed E-state index contributed by atoms with van der Waals surface area (Å²) in [5.74, 6) is -4.62. The van der Waals surface area contributed by atoms with E-state index in [2.05, 4.69) is 25.4 Å². The molecule has 1 aliphatic rings. The lowest BCUT2D eigenvalue weighted by Gasteiger charge is -2.38. The van der Waals surface area contributed by atoms with Crippen LogP contribution in [0.3, 0.4) is 0 Å². The number of rotatable bonds is 5. The van der Waals surface area contributed by atoms with Gasteiger partial charge in [-0.25, -0.2) is 36.4 Å². The van der Waals surface area contributed by atoms with Gasteiger partial charge in [0, 0.05) is 13.5 Å². The smallest absolute Gasteiger partial charge is 0.285 e. The van der Waals surface area contributed by atoms with Gasteiger partial charge in [0.1, 0.15) is 16.9 Å². The van der Waals surface area contributed by atoms with E-state index in [9.17, 15) is 22.4 Å². The third kappa shape index (κ3) is 4.38. The van der Waals surface area contributed by atoms with Crippen molar-refractivity contribution >= 4 is 34.4 Å². The maximum atomic E-state index is 15.1. The zero-order valence-corrected chi connectivity index (χ0v) is 19.7. The van der Waals surface area contributed by atoms with E-state index in [-0.39, 0.29) is 47.2 Å². The molecule has 37 heavy (non-hydrogen) atoms. The third-order valence-corrected chi connectivity index (χ3v) is 6.32. The van der Waals surface area contributed by atoms with Crippen molar-refractivity contribution in [2.75, 3.05) is 24.1 Å². The highest BCUT2D eigenvalue weighted by Crippen LogP contribution is 2.33. The summed E-state index contributed by atoms with van der Waals surface area (Å²) < 4.78 is 72.8. The molecular weight excluding hydrogens is 501 g/mol. The van der Waals surface area contributed by atoms with E-state index in [1.165, 1.54) is 23.6 Å². The highest BCUT2D eigenvalue weighted by molar-refractivity contribution is 5.89. The number of pyridine rings is 1. The van der Waals surface area contributed by atoms with Gasteiger partial charge in [-0.15, -0.1) is 5.10 Å². The second-order valence-corrected chi connectivity index (χ2v) is 8.85. The van der Waals surface area contributed by atoms with E-state index in [0.717, 1.165) is 15.6 Å². The molecule has 1 fully saturated rings. The van der Waals surface area contributed by atoms with E-state index < -0.39 is 43.2 Å². The van der Waals surface area contributed by atoms with E-state index in [0.29, 0.717) is 11.3 Å². The number of hydrogen-bond acceptors (Lipinski definition) is 7. The Morgan fingerprint density at radius 2 is 2.03 bits per heavy atom. The molecule has 4 aromatic rings. The molecule has 5 rings (SSSR count). The number of anilines is 2. The monoisotopic (exact) mass is 523 g/mol. The SMILES string of the molecule is CC(=O)N1CC[C@@H](Nc2nc(N)c3c(-c4ccc5nc(C)n(CC(F)F)c5n4)c(F)cn3n2)C(F)(F)C1. The number of fused-ring (bicyclic) bond motifs is 2. The summed E-state index contributed by atoms with van der Waals surface area (Å²) in [6.07, 6.45) is -1.71. The van der Waals surface area contributed by atoms with Crippen LogP contribution in [0.1, 0.15) is 19.2 Å². The minimum atomic E-state index is -3.26. The van der Waals surface area contributed by atoms with Gasteiger partial charge in [0.15, 0.2) is 17.3 Å². The molecule has 10 nitrogen and oxygen atoms in total. The van der Waals surface area contributed by atoms with Crippen LogP contribution < -0.4 is 11.1 Å². The molecule has 1 saturated heterocycles. The number of carbonyl (C=O) groups excluding carboxylic acids is 1. The van der Waals surface area contributed by atoms with Crippen molar-refractivity contribution < 1.29 is 26.7 Å². The Kier molecular flexibility index (Phi) is 5.87. The Labute approximate surface area is 206 Å². The molecule has 0 unspecified atom stereocenters. The highest BCUT2D eigenvalue weighted by Gasteiger charge is 2.45. The number of amides is 1. The van der Waals surface area contributed by atoms with Crippen molar-refractivity contribution in [3.05, 3.63) is 30.0 Å². The number of likely N-dealkylation sites (tertiary alicyclic amines) is 1. The molecule has 1 atom stereocenters. The summed E-state index contributed by atoms with van der Waals surface area (Å²) in [6, 6.07) is 1.62. The summed E-state index contributed by atoms with van der Waals surface area (Å²) in [6.45, 7) is 1.52. The number of nitrogens with zero attached hydrogens (tertiary/aromatic N) is 7. The molecule has 0 radical (unpaired) electrons. The number of aromatic nitrogens is 6. The van der Waals surface area contributed by atoms with Crippen LogP contribution in [0.25, 0.3) is 27.9 Å². The minimum absolute atomic E-state index is 0.0321. The number of aryl methyl sites for hydroxylation is 1. The Balaban J connectivity index is 1.51. The standard InChI is InChI=1S/C22H22F5N9O/c1-10-29-14-4-3-13(30-20(14)35(10)8-16(24)25)17-12(23)7-36-18(17)19(28)32-21(33-36)31-15-5-6-34(11(2)37)9-22(15,26)27/h3-4,7,15-16H,5-6,8-9H2,1-2H3,(H3,28,31,32,33)/t15-/m1/s1. The predicted octanol–water partition coefficient (Wildman–Crippen LogP) is 3.10.